The smallest absolute Gasteiger partial charge is 0.178 e. The minimum Gasteiger partial charge on any atom is -0.355 e. The molecule has 4 rings (SSSR count). The lowest BCUT2D eigenvalue weighted by Crippen LogP contribution is -2.46. The lowest BCUT2D eigenvalue weighted by Gasteiger charge is -2.36. The lowest BCUT2D eigenvalue weighted by atomic mass is 10.1. The quantitative estimate of drug-likeness (QED) is 0.861. The highest BCUT2D eigenvalue weighted by molar-refractivity contribution is 7.19. The molecule has 2 saturated heterocycles. The predicted octanol–water partition coefficient (Wildman–Crippen LogP) is 1.36. The molecule has 0 aromatic carbocycles. The zero-order valence-corrected chi connectivity index (χ0v) is 13.6. The maximum atomic E-state index is 10.8. The second-order valence-corrected chi connectivity index (χ2v) is 6.45. The van der Waals surface area contributed by atoms with Crippen molar-refractivity contribution >= 4 is 33.8 Å². The molecule has 4 heterocycles. The van der Waals surface area contributed by atoms with Gasteiger partial charge in [-0.2, -0.15) is 0 Å². The Kier molecular flexibility index (Phi) is 4.66. The fourth-order valence-electron chi connectivity index (χ4n) is 3.00. The molecule has 7 heteroatoms. The van der Waals surface area contributed by atoms with Gasteiger partial charge in [0.15, 0.2) is 11.3 Å². The summed E-state index contributed by atoms with van der Waals surface area (Å²) < 4.78 is 0. The first-order chi connectivity index (χ1) is 10.8. The number of aromatic nitrogens is 2. The van der Waals surface area contributed by atoms with E-state index < -0.39 is 0 Å². The molecule has 2 aliphatic rings. The van der Waals surface area contributed by atoms with E-state index in [4.69, 9.17) is 0 Å². The van der Waals surface area contributed by atoms with E-state index in [1.807, 2.05) is 12.1 Å². The summed E-state index contributed by atoms with van der Waals surface area (Å²) in [6.07, 6.45) is 3.36. The van der Waals surface area contributed by atoms with Crippen molar-refractivity contribution in [3.8, 4) is 0 Å². The number of rotatable bonds is 3. The van der Waals surface area contributed by atoms with E-state index in [9.17, 15) is 4.79 Å². The maximum Gasteiger partial charge on any atom is 0.178 e. The van der Waals surface area contributed by atoms with Crippen molar-refractivity contribution in [1.29, 1.82) is 0 Å². The third-order valence-corrected chi connectivity index (χ3v) is 5.14. The van der Waals surface area contributed by atoms with E-state index >= 15 is 0 Å². The van der Waals surface area contributed by atoms with Crippen LogP contribution in [0, 0.1) is 0 Å². The Balaban J connectivity index is 0.000000693. The van der Waals surface area contributed by atoms with Crippen LogP contribution < -0.4 is 10.6 Å². The highest BCUT2D eigenvalue weighted by Crippen LogP contribution is 2.27. The highest BCUT2D eigenvalue weighted by atomic mass is 32.1. The Morgan fingerprint density at radius 3 is 2.77 bits per heavy atom. The first-order valence-corrected chi connectivity index (χ1v) is 8.44. The van der Waals surface area contributed by atoms with Crippen LogP contribution >= 0.6 is 11.3 Å². The van der Waals surface area contributed by atoms with Crippen LogP contribution in [0.25, 0.3) is 10.3 Å². The van der Waals surface area contributed by atoms with Gasteiger partial charge >= 0.3 is 0 Å². The Hall–Kier alpha value is -1.57. The minimum absolute atomic E-state index is 0.504. The first-order valence-electron chi connectivity index (χ1n) is 7.63. The van der Waals surface area contributed by atoms with Gasteiger partial charge in [0.2, 0.25) is 0 Å². The Morgan fingerprint density at radius 1 is 1.27 bits per heavy atom. The molecule has 0 bridgehead atoms. The second kappa shape index (κ2) is 6.68. The summed E-state index contributed by atoms with van der Waals surface area (Å²) in [5, 5.41) is 0.504. The van der Waals surface area contributed by atoms with Crippen molar-refractivity contribution in [1.82, 2.24) is 14.9 Å². The largest absolute Gasteiger partial charge is 0.355 e. The summed E-state index contributed by atoms with van der Waals surface area (Å²) in [6, 6.07) is 4.68. The van der Waals surface area contributed by atoms with Gasteiger partial charge in [0, 0.05) is 19.1 Å². The zero-order valence-electron chi connectivity index (χ0n) is 12.7. The van der Waals surface area contributed by atoms with E-state index in [1.165, 1.54) is 44.3 Å². The number of thiazole rings is 1. The fraction of sp³-hybridized carbons (Fsp3) is 0.533. The van der Waals surface area contributed by atoms with E-state index in [0.29, 0.717) is 11.0 Å². The second-order valence-electron chi connectivity index (χ2n) is 5.44. The van der Waals surface area contributed by atoms with Gasteiger partial charge in [-0.25, -0.2) is 9.97 Å². The number of anilines is 1. The molecule has 0 spiro atoms. The van der Waals surface area contributed by atoms with Crippen LogP contribution in [0.4, 0.5) is 5.82 Å². The van der Waals surface area contributed by atoms with Crippen LogP contribution in [0.15, 0.2) is 12.1 Å². The molecule has 2 aliphatic heterocycles. The molecular weight excluding hydrogens is 298 g/mol. The van der Waals surface area contributed by atoms with Gasteiger partial charge < -0.3 is 10.6 Å². The number of likely N-dealkylation sites (tertiary alicyclic amines) is 1. The van der Waals surface area contributed by atoms with Crippen molar-refractivity contribution in [2.75, 3.05) is 38.1 Å². The standard InChI is InChI=1S/C14H16N4OS.CH5N/c19-9-13-15-11-2-3-12(16-14(11)20-13)18-7-4-10(8-18)17-5-1-6-17;1-2/h2-3,9-10H,1,4-8H2;2H2,1H3. The Morgan fingerprint density at radius 2 is 2.09 bits per heavy atom. The van der Waals surface area contributed by atoms with Crippen LogP contribution in [0.3, 0.4) is 0 Å². The van der Waals surface area contributed by atoms with Crippen LogP contribution in [0.2, 0.25) is 0 Å². The molecule has 118 valence electrons. The number of hydrogen-bond acceptors (Lipinski definition) is 7. The third kappa shape index (κ3) is 2.84. The number of aldehydes is 1. The van der Waals surface area contributed by atoms with Gasteiger partial charge in [0.25, 0.3) is 0 Å². The normalized spacial score (nSPS) is 21.4. The first kappa shape index (κ1) is 15.3. The Labute approximate surface area is 133 Å². The SMILES string of the molecule is CN.O=Cc1nc2ccc(N3CCC(N4CCC4)C3)nc2s1. The average molecular weight is 319 g/mol. The number of carbonyl (C=O) groups excluding carboxylic acids is 1. The predicted molar refractivity (Wildman–Crippen MR) is 89.7 cm³/mol. The van der Waals surface area contributed by atoms with Crippen molar-refractivity contribution in [3.63, 3.8) is 0 Å². The minimum atomic E-state index is 0.504. The summed E-state index contributed by atoms with van der Waals surface area (Å²) in [6.45, 7) is 4.64. The van der Waals surface area contributed by atoms with Gasteiger partial charge in [-0.1, -0.05) is 11.3 Å². The summed E-state index contributed by atoms with van der Waals surface area (Å²) in [5.41, 5.74) is 5.32. The maximum absolute atomic E-state index is 10.8. The molecule has 2 aromatic rings. The van der Waals surface area contributed by atoms with Crippen LogP contribution in [-0.4, -0.2) is 60.4 Å². The van der Waals surface area contributed by atoms with Crippen molar-refractivity contribution in [3.05, 3.63) is 17.1 Å². The molecule has 1 unspecified atom stereocenters. The zero-order chi connectivity index (χ0) is 15.5. The van der Waals surface area contributed by atoms with E-state index in [0.717, 1.165) is 35.5 Å². The molecule has 0 radical (unpaired) electrons. The van der Waals surface area contributed by atoms with Gasteiger partial charge in [0.05, 0.1) is 0 Å². The molecule has 22 heavy (non-hydrogen) atoms. The number of nitrogens with zero attached hydrogens (tertiary/aromatic N) is 4. The molecule has 1 atom stereocenters. The molecule has 0 amide bonds. The van der Waals surface area contributed by atoms with E-state index in [1.54, 1.807) is 0 Å². The number of carbonyl (C=O) groups is 1. The van der Waals surface area contributed by atoms with E-state index in [2.05, 4.69) is 25.5 Å². The average Bonchev–Trinajstić information content (AvgIpc) is 3.13. The number of fused-ring (bicyclic) bond motifs is 1. The molecule has 2 aromatic heterocycles. The van der Waals surface area contributed by atoms with Gasteiger partial charge in [-0.3, -0.25) is 9.69 Å². The fourth-order valence-corrected chi connectivity index (χ4v) is 3.75. The van der Waals surface area contributed by atoms with Crippen LogP contribution in [0.5, 0.6) is 0 Å². The number of hydrogen-bond donors (Lipinski definition) is 1. The van der Waals surface area contributed by atoms with Crippen molar-refractivity contribution in [2.45, 2.75) is 18.9 Å². The van der Waals surface area contributed by atoms with Crippen LogP contribution in [-0.2, 0) is 0 Å². The lowest BCUT2D eigenvalue weighted by molar-refractivity contribution is 0.112. The van der Waals surface area contributed by atoms with Crippen LogP contribution in [0.1, 0.15) is 22.6 Å². The van der Waals surface area contributed by atoms with Crippen molar-refractivity contribution in [2.24, 2.45) is 5.73 Å². The highest BCUT2D eigenvalue weighted by Gasteiger charge is 2.31. The monoisotopic (exact) mass is 319 g/mol. The molecule has 2 N–H and O–H groups in total. The third-order valence-electron chi connectivity index (χ3n) is 4.25. The topological polar surface area (TPSA) is 75.4 Å². The Bertz CT molecular complexity index is 654. The molecular formula is C15H21N5OS. The molecule has 2 fully saturated rings. The number of nitrogens with two attached hydrogens (primary N) is 1. The molecule has 0 saturated carbocycles. The summed E-state index contributed by atoms with van der Waals surface area (Å²) >= 11 is 1.37. The van der Waals surface area contributed by atoms with Gasteiger partial charge in [-0.15, -0.1) is 0 Å². The van der Waals surface area contributed by atoms with Crippen molar-refractivity contribution < 1.29 is 4.79 Å². The summed E-state index contributed by atoms with van der Waals surface area (Å²) in [4.78, 5) is 25.4. The molecule has 0 aliphatic carbocycles. The molecule has 6 nitrogen and oxygen atoms in total. The number of pyridine rings is 1. The summed E-state index contributed by atoms with van der Waals surface area (Å²) in [7, 11) is 1.50. The van der Waals surface area contributed by atoms with Gasteiger partial charge in [0.1, 0.15) is 16.2 Å². The van der Waals surface area contributed by atoms with Gasteiger partial charge in [-0.05, 0) is 45.1 Å². The summed E-state index contributed by atoms with van der Waals surface area (Å²) in [5.74, 6) is 1.02. The van der Waals surface area contributed by atoms with E-state index in [-0.39, 0.29) is 0 Å².